The number of hydrogen-bond acceptors (Lipinski definition) is 1. The van der Waals surface area contributed by atoms with Crippen molar-refractivity contribution in [3.8, 4) is 0 Å². The van der Waals surface area contributed by atoms with Gasteiger partial charge in [0.2, 0.25) is 0 Å². The van der Waals surface area contributed by atoms with Gasteiger partial charge in [-0.3, -0.25) is 0 Å². The number of nitrogens with zero attached hydrogens (tertiary/aromatic N) is 1. The summed E-state index contributed by atoms with van der Waals surface area (Å²) in [5, 5.41) is 0. The molecule has 1 aromatic rings. The molecule has 0 N–H and O–H groups in total. The Morgan fingerprint density at radius 3 is 2.39 bits per heavy atom. The molecule has 0 spiro atoms. The second-order valence-corrected chi connectivity index (χ2v) is 5.37. The first-order valence-electron chi connectivity index (χ1n) is 7.23. The van der Waals surface area contributed by atoms with Crippen LogP contribution in [0, 0.1) is 0 Å². The molecule has 0 aromatic heterocycles. The Balaban J connectivity index is 1.89. The molecule has 1 heterocycles. The van der Waals surface area contributed by atoms with Crippen molar-refractivity contribution in [3.05, 3.63) is 48.0 Å². The second kappa shape index (κ2) is 6.75. The minimum Gasteiger partial charge on any atom is -0.300 e. The summed E-state index contributed by atoms with van der Waals surface area (Å²) < 4.78 is 0. The van der Waals surface area contributed by atoms with Crippen molar-refractivity contribution < 1.29 is 0 Å². The maximum atomic E-state index is 3.80. The van der Waals surface area contributed by atoms with Crippen LogP contribution in [0.2, 0.25) is 0 Å². The van der Waals surface area contributed by atoms with Crippen LogP contribution in [0.5, 0.6) is 0 Å². The highest BCUT2D eigenvalue weighted by atomic mass is 15.1. The third-order valence-electron chi connectivity index (χ3n) is 4.11. The molecule has 1 atom stereocenters. The minimum absolute atomic E-state index is 0.708. The van der Waals surface area contributed by atoms with Gasteiger partial charge in [0, 0.05) is 19.1 Å². The molecule has 1 unspecified atom stereocenters. The van der Waals surface area contributed by atoms with Crippen LogP contribution in [0.1, 0.15) is 37.3 Å². The van der Waals surface area contributed by atoms with E-state index in [0.29, 0.717) is 6.04 Å². The molecule has 0 saturated heterocycles. The van der Waals surface area contributed by atoms with Crippen molar-refractivity contribution in [2.75, 3.05) is 13.1 Å². The van der Waals surface area contributed by atoms with Crippen LogP contribution < -0.4 is 0 Å². The summed E-state index contributed by atoms with van der Waals surface area (Å²) >= 11 is 0. The van der Waals surface area contributed by atoms with Gasteiger partial charge in [-0.05, 0) is 50.2 Å². The number of fused-ring (bicyclic) bond motifs is 1. The van der Waals surface area contributed by atoms with Crippen molar-refractivity contribution in [2.45, 2.75) is 45.1 Å². The Hall–Kier alpha value is -1.08. The van der Waals surface area contributed by atoms with E-state index in [1.165, 1.54) is 38.8 Å². The normalized spacial score (nSPS) is 17.8. The summed E-state index contributed by atoms with van der Waals surface area (Å²) in [4.78, 5) is 2.66. The first-order chi connectivity index (χ1) is 8.81. The lowest BCUT2D eigenvalue weighted by Gasteiger charge is -2.27. The number of rotatable bonds is 5. The first kappa shape index (κ1) is 13.4. The molecule has 1 aliphatic rings. The van der Waals surface area contributed by atoms with Gasteiger partial charge in [-0.1, -0.05) is 30.3 Å². The molecule has 1 aliphatic heterocycles. The average Bonchev–Trinajstić information content (AvgIpc) is 2.61. The minimum atomic E-state index is 0.708. The van der Waals surface area contributed by atoms with Gasteiger partial charge in [-0.15, -0.1) is 6.58 Å². The maximum absolute atomic E-state index is 3.80. The lowest BCUT2D eigenvalue weighted by atomic mass is 10.0. The van der Waals surface area contributed by atoms with Crippen molar-refractivity contribution >= 4 is 0 Å². The predicted octanol–water partition coefficient (Wildman–Crippen LogP) is 3.83. The standard InChI is InChI=1S/C17H25N/c1-3-4-5-8-15(2)18-13-11-16-9-6-7-10-17(16)12-14-18/h3,6-7,9-10,15H,1,4-5,8,11-14H2,2H3. The molecule has 0 bridgehead atoms. The Bertz CT molecular complexity index is 356. The SMILES string of the molecule is C=CCCCC(C)N1CCc2ccccc2CC1. The van der Waals surface area contributed by atoms with Gasteiger partial charge in [0.25, 0.3) is 0 Å². The van der Waals surface area contributed by atoms with Gasteiger partial charge in [-0.2, -0.15) is 0 Å². The van der Waals surface area contributed by atoms with Crippen LogP contribution in [0.25, 0.3) is 0 Å². The van der Waals surface area contributed by atoms with Crippen LogP contribution >= 0.6 is 0 Å². The van der Waals surface area contributed by atoms with E-state index in [0.717, 1.165) is 6.42 Å². The lowest BCUT2D eigenvalue weighted by molar-refractivity contribution is 0.207. The van der Waals surface area contributed by atoms with Crippen LogP contribution in [0.15, 0.2) is 36.9 Å². The third-order valence-corrected chi connectivity index (χ3v) is 4.11. The molecule has 0 amide bonds. The summed E-state index contributed by atoms with van der Waals surface area (Å²) in [6, 6.07) is 9.63. The molecular weight excluding hydrogens is 218 g/mol. The molecule has 1 nitrogen and oxygen atoms in total. The van der Waals surface area contributed by atoms with Gasteiger partial charge in [0.05, 0.1) is 0 Å². The van der Waals surface area contributed by atoms with E-state index >= 15 is 0 Å². The maximum Gasteiger partial charge on any atom is 0.00672 e. The summed E-state index contributed by atoms with van der Waals surface area (Å²) in [5.41, 5.74) is 3.11. The van der Waals surface area contributed by atoms with Gasteiger partial charge < -0.3 is 4.90 Å². The van der Waals surface area contributed by atoms with E-state index in [4.69, 9.17) is 0 Å². The number of hydrogen-bond donors (Lipinski definition) is 0. The molecule has 1 aromatic carbocycles. The van der Waals surface area contributed by atoms with Crippen LogP contribution in [0.3, 0.4) is 0 Å². The topological polar surface area (TPSA) is 3.24 Å². The molecule has 98 valence electrons. The smallest absolute Gasteiger partial charge is 0.00672 e. The van der Waals surface area contributed by atoms with Crippen molar-refractivity contribution in [3.63, 3.8) is 0 Å². The zero-order chi connectivity index (χ0) is 12.8. The molecule has 1 heteroatoms. The van der Waals surface area contributed by atoms with E-state index in [9.17, 15) is 0 Å². The van der Waals surface area contributed by atoms with E-state index in [-0.39, 0.29) is 0 Å². The molecular formula is C17H25N. The van der Waals surface area contributed by atoms with Gasteiger partial charge >= 0.3 is 0 Å². The second-order valence-electron chi connectivity index (χ2n) is 5.37. The van der Waals surface area contributed by atoms with Crippen molar-refractivity contribution in [1.82, 2.24) is 4.90 Å². The highest BCUT2D eigenvalue weighted by molar-refractivity contribution is 5.28. The summed E-state index contributed by atoms with van der Waals surface area (Å²) in [5.74, 6) is 0. The number of unbranched alkanes of at least 4 members (excludes halogenated alkanes) is 1. The van der Waals surface area contributed by atoms with Gasteiger partial charge in [0.15, 0.2) is 0 Å². The fourth-order valence-electron chi connectivity index (χ4n) is 2.87. The van der Waals surface area contributed by atoms with E-state index in [1.54, 1.807) is 11.1 Å². The van der Waals surface area contributed by atoms with Crippen LogP contribution in [-0.2, 0) is 12.8 Å². The zero-order valence-corrected chi connectivity index (χ0v) is 11.6. The fourth-order valence-corrected chi connectivity index (χ4v) is 2.87. The van der Waals surface area contributed by atoms with E-state index < -0.39 is 0 Å². The molecule has 0 radical (unpaired) electrons. The third kappa shape index (κ3) is 3.46. The highest BCUT2D eigenvalue weighted by Gasteiger charge is 2.17. The molecule has 2 rings (SSSR count). The van der Waals surface area contributed by atoms with Crippen molar-refractivity contribution in [2.24, 2.45) is 0 Å². The Morgan fingerprint density at radius 2 is 1.83 bits per heavy atom. The van der Waals surface area contributed by atoms with Crippen LogP contribution in [0.4, 0.5) is 0 Å². The number of allylic oxidation sites excluding steroid dienone is 1. The molecule has 18 heavy (non-hydrogen) atoms. The lowest BCUT2D eigenvalue weighted by Crippen LogP contribution is -2.35. The Labute approximate surface area is 112 Å². The van der Waals surface area contributed by atoms with Gasteiger partial charge in [-0.25, -0.2) is 0 Å². The Morgan fingerprint density at radius 1 is 1.22 bits per heavy atom. The molecule has 0 fully saturated rings. The van der Waals surface area contributed by atoms with Crippen LogP contribution in [-0.4, -0.2) is 24.0 Å². The van der Waals surface area contributed by atoms with E-state index in [2.05, 4.69) is 42.7 Å². The van der Waals surface area contributed by atoms with Gasteiger partial charge in [0.1, 0.15) is 0 Å². The summed E-state index contributed by atoms with van der Waals surface area (Å²) in [6.07, 6.45) is 8.17. The Kier molecular flexibility index (Phi) is 5.00. The quantitative estimate of drug-likeness (QED) is 0.561. The van der Waals surface area contributed by atoms with E-state index in [1.807, 2.05) is 6.08 Å². The fraction of sp³-hybridized carbons (Fsp3) is 0.529. The molecule has 0 aliphatic carbocycles. The zero-order valence-electron chi connectivity index (χ0n) is 11.6. The van der Waals surface area contributed by atoms with Crippen molar-refractivity contribution in [1.29, 1.82) is 0 Å². The summed E-state index contributed by atoms with van der Waals surface area (Å²) in [7, 11) is 0. The number of benzene rings is 1. The predicted molar refractivity (Wildman–Crippen MR) is 78.9 cm³/mol. The monoisotopic (exact) mass is 243 g/mol. The average molecular weight is 243 g/mol. The molecule has 0 saturated carbocycles. The summed E-state index contributed by atoms with van der Waals surface area (Å²) in [6.45, 7) is 8.60. The largest absolute Gasteiger partial charge is 0.300 e. The first-order valence-corrected chi connectivity index (χ1v) is 7.23. The highest BCUT2D eigenvalue weighted by Crippen LogP contribution is 2.18.